The van der Waals surface area contributed by atoms with Crippen LogP contribution in [0, 0.1) is 11.3 Å². The normalized spacial score (nSPS) is 14.1. The fourth-order valence-corrected chi connectivity index (χ4v) is 1.03. The molecule has 0 spiro atoms. The molecule has 0 aromatic carbocycles. The van der Waals surface area contributed by atoms with E-state index in [1.54, 1.807) is 0 Å². The van der Waals surface area contributed by atoms with Gasteiger partial charge in [-0.2, -0.15) is 0 Å². The molecule has 0 fully saturated rings. The Morgan fingerprint density at radius 2 is 1.75 bits per heavy atom. The van der Waals surface area contributed by atoms with Crippen molar-refractivity contribution in [3.05, 3.63) is 0 Å². The smallest absolute Gasteiger partial charge is 0.0437 e. The second-order valence-corrected chi connectivity index (χ2v) is 5.21. The molecule has 0 unspecified atom stereocenters. The summed E-state index contributed by atoms with van der Waals surface area (Å²) in [5, 5.41) is 0. The summed E-state index contributed by atoms with van der Waals surface area (Å²) in [4.78, 5) is 4.55. The van der Waals surface area contributed by atoms with Crippen LogP contribution in [0.3, 0.4) is 0 Å². The van der Waals surface area contributed by atoms with Gasteiger partial charge in [0.25, 0.3) is 0 Å². The van der Waals surface area contributed by atoms with Crippen LogP contribution in [-0.2, 0) is 0 Å². The van der Waals surface area contributed by atoms with Crippen LogP contribution in [0.25, 0.3) is 0 Å². The first-order chi connectivity index (χ1) is 5.31. The molecular formula is C11H23N. The Kier molecular flexibility index (Phi) is 4.51. The molecule has 0 heterocycles. The first kappa shape index (κ1) is 11.7. The van der Waals surface area contributed by atoms with Gasteiger partial charge < -0.3 is 0 Å². The molecule has 0 bridgehead atoms. The third-order valence-corrected chi connectivity index (χ3v) is 1.53. The molecule has 0 saturated carbocycles. The van der Waals surface area contributed by atoms with Crippen molar-refractivity contribution in [2.45, 2.75) is 48.0 Å². The molecule has 0 radical (unpaired) electrons. The van der Waals surface area contributed by atoms with Gasteiger partial charge in [-0.3, -0.25) is 4.99 Å². The maximum absolute atomic E-state index is 4.55. The van der Waals surface area contributed by atoms with Gasteiger partial charge >= 0.3 is 0 Å². The SMILES string of the molecule is C/C(CC(C)C)=N\CC(C)(C)C. The van der Waals surface area contributed by atoms with Crippen LogP contribution < -0.4 is 0 Å². The molecule has 0 aliphatic heterocycles. The second kappa shape index (κ2) is 4.64. The van der Waals surface area contributed by atoms with E-state index in [1.807, 2.05) is 0 Å². The Hall–Kier alpha value is -0.330. The molecule has 0 aliphatic carbocycles. The van der Waals surface area contributed by atoms with Crippen molar-refractivity contribution in [3.8, 4) is 0 Å². The molecule has 0 amide bonds. The van der Waals surface area contributed by atoms with Gasteiger partial charge in [-0.05, 0) is 24.7 Å². The van der Waals surface area contributed by atoms with Crippen LogP contribution in [0.5, 0.6) is 0 Å². The largest absolute Gasteiger partial charge is 0.294 e. The summed E-state index contributed by atoms with van der Waals surface area (Å²) < 4.78 is 0. The predicted molar refractivity (Wildman–Crippen MR) is 56.9 cm³/mol. The summed E-state index contributed by atoms with van der Waals surface area (Å²) >= 11 is 0. The maximum atomic E-state index is 4.55. The fraction of sp³-hybridized carbons (Fsp3) is 0.909. The Bertz CT molecular complexity index is 149. The van der Waals surface area contributed by atoms with Crippen molar-refractivity contribution in [2.24, 2.45) is 16.3 Å². The van der Waals surface area contributed by atoms with Gasteiger partial charge in [0, 0.05) is 12.3 Å². The Morgan fingerprint density at radius 3 is 2.08 bits per heavy atom. The van der Waals surface area contributed by atoms with E-state index in [1.165, 1.54) is 5.71 Å². The second-order valence-electron chi connectivity index (χ2n) is 5.21. The summed E-state index contributed by atoms with van der Waals surface area (Å²) in [5.74, 6) is 0.730. The summed E-state index contributed by atoms with van der Waals surface area (Å²) in [5.41, 5.74) is 1.62. The van der Waals surface area contributed by atoms with Crippen molar-refractivity contribution in [2.75, 3.05) is 6.54 Å². The zero-order valence-electron chi connectivity index (χ0n) is 9.44. The van der Waals surface area contributed by atoms with E-state index in [9.17, 15) is 0 Å². The lowest BCUT2D eigenvalue weighted by Gasteiger charge is -2.15. The van der Waals surface area contributed by atoms with Crippen LogP contribution in [0.4, 0.5) is 0 Å². The molecule has 72 valence electrons. The molecular weight excluding hydrogens is 146 g/mol. The molecule has 1 heteroatoms. The Labute approximate surface area is 77.3 Å². The zero-order valence-corrected chi connectivity index (χ0v) is 9.44. The fourth-order valence-electron chi connectivity index (χ4n) is 1.03. The number of aliphatic imine (C=N–C) groups is 1. The highest BCUT2D eigenvalue weighted by atomic mass is 14.7. The lowest BCUT2D eigenvalue weighted by Crippen LogP contribution is -2.11. The van der Waals surface area contributed by atoms with Gasteiger partial charge in [0.05, 0.1) is 0 Å². The Morgan fingerprint density at radius 1 is 1.25 bits per heavy atom. The van der Waals surface area contributed by atoms with Gasteiger partial charge in [-0.15, -0.1) is 0 Å². The Balaban J connectivity index is 3.85. The lowest BCUT2D eigenvalue weighted by molar-refractivity contribution is 0.428. The summed E-state index contributed by atoms with van der Waals surface area (Å²) in [7, 11) is 0. The number of nitrogens with zero attached hydrogens (tertiary/aromatic N) is 1. The van der Waals surface area contributed by atoms with Crippen molar-refractivity contribution in [1.29, 1.82) is 0 Å². The number of hydrogen-bond acceptors (Lipinski definition) is 1. The maximum Gasteiger partial charge on any atom is 0.0437 e. The van der Waals surface area contributed by atoms with Crippen molar-refractivity contribution >= 4 is 5.71 Å². The van der Waals surface area contributed by atoms with E-state index in [4.69, 9.17) is 0 Å². The highest BCUT2D eigenvalue weighted by Gasteiger charge is 2.08. The highest BCUT2D eigenvalue weighted by molar-refractivity contribution is 5.82. The van der Waals surface area contributed by atoms with Gasteiger partial charge in [0.2, 0.25) is 0 Å². The third-order valence-electron chi connectivity index (χ3n) is 1.53. The summed E-state index contributed by atoms with van der Waals surface area (Å²) in [6, 6.07) is 0. The quantitative estimate of drug-likeness (QED) is 0.573. The standard InChI is InChI=1S/C11H23N/c1-9(2)7-10(3)12-8-11(4,5)6/h9H,7-8H2,1-6H3/b12-10+. The van der Waals surface area contributed by atoms with Crippen molar-refractivity contribution < 1.29 is 0 Å². The van der Waals surface area contributed by atoms with E-state index in [2.05, 4.69) is 46.5 Å². The highest BCUT2D eigenvalue weighted by Crippen LogP contribution is 2.13. The molecule has 0 rings (SSSR count). The molecule has 0 aromatic rings. The average Bonchev–Trinajstić information content (AvgIpc) is 1.80. The first-order valence-electron chi connectivity index (χ1n) is 4.81. The molecule has 0 atom stereocenters. The third kappa shape index (κ3) is 7.77. The minimum Gasteiger partial charge on any atom is -0.294 e. The summed E-state index contributed by atoms with van der Waals surface area (Å²) in [6.07, 6.45) is 1.14. The van der Waals surface area contributed by atoms with E-state index in [0.717, 1.165) is 18.9 Å². The van der Waals surface area contributed by atoms with Crippen LogP contribution in [0.1, 0.15) is 48.0 Å². The molecule has 0 aliphatic rings. The minimum absolute atomic E-state index is 0.332. The van der Waals surface area contributed by atoms with Crippen molar-refractivity contribution in [1.82, 2.24) is 0 Å². The molecule has 0 saturated heterocycles. The zero-order chi connectivity index (χ0) is 9.78. The minimum atomic E-state index is 0.332. The number of hydrogen-bond donors (Lipinski definition) is 0. The topological polar surface area (TPSA) is 12.4 Å². The van der Waals surface area contributed by atoms with Gasteiger partial charge in [-0.1, -0.05) is 34.6 Å². The van der Waals surface area contributed by atoms with Crippen molar-refractivity contribution in [3.63, 3.8) is 0 Å². The van der Waals surface area contributed by atoms with Gasteiger partial charge in [-0.25, -0.2) is 0 Å². The van der Waals surface area contributed by atoms with E-state index in [0.29, 0.717) is 5.41 Å². The average molecular weight is 169 g/mol. The molecule has 1 nitrogen and oxygen atoms in total. The van der Waals surface area contributed by atoms with Crippen LogP contribution in [0.2, 0.25) is 0 Å². The predicted octanol–water partition coefficient (Wildman–Crippen LogP) is 3.54. The van der Waals surface area contributed by atoms with Crippen LogP contribution in [-0.4, -0.2) is 12.3 Å². The van der Waals surface area contributed by atoms with Crippen LogP contribution >= 0.6 is 0 Å². The van der Waals surface area contributed by atoms with Gasteiger partial charge in [0.15, 0.2) is 0 Å². The van der Waals surface area contributed by atoms with Crippen LogP contribution in [0.15, 0.2) is 4.99 Å². The van der Waals surface area contributed by atoms with E-state index < -0.39 is 0 Å². The monoisotopic (exact) mass is 169 g/mol. The molecule has 0 aromatic heterocycles. The lowest BCUT2D eigenvalue weighted by atomic mass is 9.97. The first-order valence-corrected chi connectivity index (χ1v) is 4.81. The number of rotatable bonds is 3. The van der Waals surface area contributed by atoms with E-state index in [-0.39, 0.29) is 0 Å². The molecule has 0 N–H and O–H groups in total. The van der Waals surface area contributed by atoms with E-state index >= 15 is 0 Å². The van der Waals surface area contributed by atoms with Gasteiger partial charge in [0.1, 0.15) is 0 Å². The molecule has 12 heavy (non-hydrogen) atoms. The summed E-state index contributed by atoms with van der Waals surface area (Å²) in [6.45, 7) is 14.2.